The number of fused-ring (bicyclic) bond motifs is 2. The first-order chi connectivity index (χ1) is 12.0. The lowest BCUT2D eigenvalue weighted by Crippen LogP contribution is -2.07. The van der Waals surface area contributed by atoms with E-state index in [0.717, 1.165) is 37.1 Å². The highest BCUT2D eigenvalue weighted by atomic mass is 19.4. The lowest BCUT2D eigenvalue weighted by atomic mass is 9.90. The number of alkyl halides is 3. The quantitative estimate of drug-likeness (QED) is 0.747. The molecule has 6 heteroatoms. The standard InChI is InChI=1S/C19H17F3N2O/c20-19(21,22)15-7-8-17-23-18(16(11-25)24(17)10-15)14-6-5-12-3-1-2-4-13(12)9-14/h5-10,25H,1-4,11H2. The van der Waals surface area contributed by atoms with E-state index in [2.05, 4.69) is 17.1 Å². The number of nitrogens with zero attached hydrogens (tertiary/aromatic N) is 2. The van der Waals surface area contributed by atoms with E-state index in [0.29, 0.717) is 17.0 Å². The van der Waals surface area contributed by atoms with Gasteiger partial charge < -0.3 is 9.51 Å². The molecule has 1 aromatic carbocycles. The van der Waals surface area contributed by atoms with Crippen molar-refractivity contribution in [3.8, 4) is 11.3 Å². The van der Waals surface area contributed by atoms with Crippen LogP contribution in [0.4, 0.5) is 13.2 Å². The molecular weight excluding hydrogens is 329 g/mol. The Morgan fingerprint density at radius 3 is 2.52 bits per heavy atom. The van der Waals surface area contributed by atoms with Crippen LogP contribution in [0, 0.1) is 0 Å². The molecule has 25 heavy (non-hydrogen) atoms. The summed E-state index contributed by atoms with van der Waals surface area (Å²) in [6.45, 7) is -0.380. The Balaban J connectivity index is 1.87. The molecule has 2 heterocycles. The van der Waals surface area contributed by atoms with Crippen molar-refractivity contribution in [2.75, 3.05) is 0 Å². The van der Waals surface area contributed by atoms with Crippen molar-refractivity contribution in [3.05, 3.63) is 58.9 Å². The second kappa shape index (κ2) is 5.88. The van der Waals surface area contributed by atoms with Crippen LogP contribution < -0.4 is 0 Å². The number of hydrogen-bond donors (Lipinski definition) is 1. The van der Waals surface area contributed by atoms with Gasteiger partial charge in [-0.15, -0.1) is 0 Å². The number of imidazole rings is 1. The van der Waals surface area contributed by atoms with Crippen molar-refractivity contribution in [1.82, 2.24) is 9.38 Å². The van der Waals surface area contributed by atoms with Gasteiger partial charge in [0.25, 0.3) is 0 Å². The number of aryl methyl sites for hydroxylation is 2. The summed E-state index contributed by atoms with van der Waals surface area (Å²) in [5, 5.41) is 9.76. The van der Waals surface area contributed by atoms with Crippen LogP contribution in [0.1, 0.15) is 35.2 Å². The highest BCUT2D eigenvalue weighted by molar-refractivity contribution is 5.68. The normalized spacial score (nSPS) is 14.7. The molecule has 1 aliphatic rings. The van der Waals surface area contributed by atoms with E-state index in [9.17, 15) is 18.3 Å². The maximum Gasteiger partial charge on any atom is 0.417 e. The molecule has 0 saturated heterocycles. The smallest absolute Gasteiger partial charge is 0.390 e. The lowest BCUT2D eigenvalue weighted by molar-refractivity contribution is -0.137. The molecule has 1 aliphatic carbocycles. The zero-order valence-corrected chi connectivity index (χ0v) is 13.5. The number of hydrogen-bond acceptors (Lipinski definition) is 2. The third kappa shape index (κ3) is 2.80. The van der Waals surface area contributed by atoms with Crippen molar-refractivity contribution >= 4 is 5.65 Å². The van der Waals surface area contributed by atoms with Gasteiger partial charge in [0.2, 0.25) is 0 Å². The minimum absolute atomic E-state index is 0.372. The maximum absolute atomic E-state index is 13.0. The van der Waals surface area contributed by atoms with Gasteiger partial charge in [-0.1, -0.05) is 12.1 Å². The molecule has 0 spiro atoms. The summed E-state index contributed by atoms with van der Waals surface area (Å²) < 4.78 is 40.3. The van der Waals surface area contributed by atoms with E-state index in [1.165, 1.54) is 28.0 Å². The molecule has 130 valence electrons. The fourth-order valence-electron chi connectivity index (χ4n) is 3.52. The lowest BCUT2D eigenvalue weighted by Gasteiger charge is -2.16. The van der Waals surface area contributed by atoms with E-state index in [1.54, 1.807) is 0 Å². The minimum Gasteiger partial charge on any atom is -0.390 e. The molecule has 0 fully saturated rings. The van der Waals surface area contributed by atoms with Crippen LogP contribution in [-0.2, 0) is 25.6 Å². The van der Waals surface area contributed by atoms with E-state index in [4.69, 9.17) is 0 Å². The van der Waals surface area contributed by atoms with Gasteiger partial charge in [-0.3, -0.25) is 0 Å². The van der Waals surface area contributed by atoms with Gasteiger partial charge in [-0.25, -0.2) is 4.98 Å². The van der Waals surface area contributed by atoms with E-state index < -0.39 is 11.7 Å². The number of rotatable bonds is 2. The summed E-state index contributed by atoms with van der Waals surface area (Å²) >= 11 is 0. The zero-order chi connectivity index (χ0) is 17.6. The van der Waals surface area contributed by atoms with Gasteiger partial charge in [0.05, 0.1) is 23.6 Å². The predicted molar refractivity (Wildman–Crippen MR) is 88.2 cm³/mol. The van der Waals surface area contributed by atoms with Gasteiger partial charge in [0, 0.05) is 11.8 Å². The Hall–Kier alpha value is -2.34. The number of aliphatic hydroxyl groups excluding tert-OH is 1. The summed E-state index contributed by atoms with van der Waals surface area (Å²) in [5.41, 5.74) is 3.97. The average Bonchev–Trinajstić information content (AvgIpc) is 2.98. The summed E-state index contributed by atoms with van der Waals surface area (Å²) in [6, 6.07) is 8.41. The average molecular weight is 346 g/mol. The molecule has 0 bridgehead atoms. The number of pyridine rings is 1. The summed E-state index contributed by atoms with van der Waals surface area (Å²) in [6.07, 6.45) is 0.949. The van der Waals surface area contributed by atoms with Gasteiger partial charge in [-0.2, -0.15) is 13.2 Å². The largest absolute Gasteiger partial charge is 0.417 e. The zero-order valence-electron chi connectivity index (χ0n) is 13.5. The van der Waals surface area contributed by atoms with Gasteiger partial charge in [0.15, 0.2) is 0 Å². The van der Waals surface area contributed by atoms with E-state index in [-0.39, 0.29) is 6.61 Å². The van der Waals surface area contributed by atoms with Gasteiger partial charge in [0.1, 0.15) is 5.65 Å². The van der Waals surface area contributed by atoms with Crippen molar-refractivity contribution in [3.63, 3.8) is 0 Å². The summed E-state index contributed by atoms with van der Waals surface area (Å²) in [5.74, 6) is 0. The molecule has 2 aromatic heterocycles. The Morgan fingerprint density at radius 1 is 1.04 bits per heavy atom. The van der Waals surface area contributed by atoms with Crippen LogP contribution >= 0.6 is 0 Å². The molecule has 0 radical (unpaired) electrons. The second-order valence-corrected chi connectivity index (χ2v) is 6.40. The summed E-state index contributed by atoms with van der Waals surface area (Å²) in [7, 11) is 0. The Labute approximate surface area is 142 Å². The van der Waals surface area contributed by atoms with E-state index in [1.807, 2.05) is 6.07 Å². The van der Waals surface area contributed by atoms with Gasteiger partial charge in [-0.05, 0) is 55.0 Å². The SMILES string of the molecule is OCc1c(-c2ccc3c(c2)CCCC3)nc2ccc(C(F)(F)F)cn12. The highest BCUT2D eigenvalue weighted by Crippen LogP contribution is 2.33. The molecular formula is C19H17F3N2O. The number of benzene rings is 1. The topological polar surface area (TPSA) is 37.5 Å². The Kier molecular flexibility index (Phi) is 3.80. The molecule has 4 rings (SSSR count). The van der Waals surface area contributed by atoms with Gasteiger partial charge >= 0.3 is 6.18 Å². The van der Waals surface area contributed by atoms with Crippen LogP contribution in [0.2, 0.25) is 0 Å². The van der Waals surface area contributed by atoms with Crippen LogP contribution in [-0.4, -0.2) is 14.5 Å². The number of halogens is 3. The molecule has 0 unspecified atom stereocenters. The second-order valence-electron chi connectivity index (χ2n) is 6.40. The monoisotopic (exact) mass is 346 g/mol. The Morgan fingerprint density at radius 2 is 1.80 bits per heavy atom. The predicted octanol–water partition coefficient (Wildman–Crippen LogP) is 4.39. The van der Waals surface area contributed by atoms with Crippen molar-refractivity contribution < 1.29 is 18.3 Å². The maximum atomic E-state index is 13.0. The Bertz CT molecular complexity index is 944. The number of aromatic nitrogens is 2. The highest BCUT2D eigenvalue weighted by Gasteiger charge is 2.31. The van der Waals surface area contributed by atoms with Crippen LogP contribution in [0.15, 0.2) is 36.5 Å². The number of aliphatic hydroxyl groups is 1. The first-order valence-electron chi connectivity index (χ1n) is 8.28. The van der Waals surface area contributed by atoms with Crippen molar-refractivity contribution in [2.24, 2.45) is 0 Å². The fraction of sp³-hybridized carbons (Fsp3) is 0.316. The van der Waals surface area contributed by atoms with Crippen LogP contribution in [0.3, 0.4) is 0 Å². The molecule has 0 atom stereocenters. The first-order valence-corrected chi connectivity index (χ1v) is 8.28. The summed E-state index contributed by atoms with van der Waals surface area (Å²) in [4.78, 5) is 4.46. The molecule has 0 aliphatic heterocycles. The van der Waals surface area contributed by atoms with Crippen LogP contribution in [0.5, 0.6) is 0 Å². The third-order valence-electron chi connectivity index (χ3n) is 4.82. The minimum atomic E-state index is -4.43. The molecule has 3 nitrogen and oxygen atoms in total. The first kappa shape index (κ1) is 16.1. The molecule has 0 amide bonds. The molecule has 1 N–H and O–H groups in total. The molecule has 0 saturated carbocycles. The van der Waals surface area contributed by atoms with Crippen LogP contribution in [0.25, 0.3) is 16.9 Å². The van der Waals surface area contributed by atoms with Crippen molar-refractivity contribution in [2.45, 2.75) is 38.5 Å². The fourth-order valence-corrected chi connectivity index (χ4v) is 3.52. The van der Waals surface area contributed by atoms with Crippen molar-refractivity contribution in [1.29, 1.82) is 0 Å². The molecule has 3 aromatic rings. The van der Waals surface area contributed by atoms with E-state index >= 15 is 0 Å². The third-order valence-corrected chi connectivity index (χ3v) is 4.82.